The molecule has 0 bridgehead atoms. The minimum absolute atomic E-state index is 0.0841. The van der Waals surface area contributed by atoms with E-state index >= 15 is 0 Å². The average molecular weight is 435 g/mol. The third-order valence-corrected chi connectivity index (χ3v) is 6.08. The fourth-order valence-electron chi connectivity index (χ4n) is 3.96. The van der Waals surface area contributed by atoms with Gasteiger partial charge in [0, 0.05) is 43.3 Å². The lowest BCUT2D eigenvalue weighted by Gasteiger charge is -2.34. The molecule has 6 heteroatoms. The molecule has 0 saturated carbocycles. The summed E-state index contributed by atoms with van der Waals surface area (Å²) in [6.45, 7) is 6.65. The number of halogens is 1. The summed E-state index contributed by atoms with van der Waals surface area (Å²) in [5, 5.41) is 7.46. The van der Waals surface area contributed by atoms with Gasteiger partial charge in [-0.15, -0.1) is 0 Å². The number of nitrogens with one attached hydrogen (secondary N) is 1. The third kappa shape index (κ3) is 5.50. The van der Waals surface area contributed by atoms with Crippen molar-refractivity contribution < 1.29 is 4.79 Å². The van der Waals surface area contributed by atoms with Gasteiger partial charge in [-0.1, -0.05) is 72.3 Å². The molecule has 31 heavy (non-hydrogen) atoms. The van der Waals surface area contributed by atoms with E-state index in [1.807, 2.05) is 49.4 Å². The lowest BCUT2D eigenvalue weighted by Crippen LogP contribution is -2.48. The second-order valence-corrected chi connectivity index (χ2v) is 8.31. The third-order valence-electron chi connectivity index (χ3n) is 5.71. The van der Waals surface area contributed by atoms with Crippen molar-refractivity contribution in [2.24, 2.45) is 5.10 Å². The predicted octanol–water partition coefficient (Wildman–Crippen LogP) is 4.15. The molecular weight excluding hydrogens is 408 g/mol. The molecule has 1 fully saturated rings. The first-order valence-corrected chi connectivity index (χ1v) is 11.0. The summed E-state index contributed by atoms with van der Waals surface area (Å²) in [5.74, 6) is -0.0841. The van der Waals surface area contributed by atoms with E-state index in [9.17, 15) is 4.79 Å². The van der Waals surface area contributed by atoms with Crippen LogP contribution in [-0.4, -0.2) is 54.1 Å². The molecule has 3 aromatic rings. The number of carbonyl (C=O) groups is 1. The van der Waals surface area contributed by atoms with Gasteiger partial charge in [-0.3, -0.25) is 14.6 Å². The van der Waals surface area contributed by atoms with Crippen LogP contribution < -0.4 is 5.43 Å². The molecule has 0 radical (unpaired) electrons. The Balaban J connectivity index is 1.28. The van der Waals surface area contributed by atoms with Crippen molar-refractivity contribution in [1.29, 1.82) is 0 Å². The van der Waals surface area contributed by atoms with Gasteiger partial charge in [0.05, 0.1) is 12.3 Å². The van der Waals surface area contributed by atoms with Crippen LogP contribution in [0.3, 0.4) is 0 Å². The molecule has 0 aliphatic carbocycles. The molecule has 0 spiro atoms. The zero-order valence-electron chi connectivity index (χ0n) is 17.7. The van der Waals surface area contributed by atoms with Crippen molar-refractivity contribution in [1.82, 2.24) is 15.2 Å². The lowest BCUT2D eigenvalue weighted by molar-refractivity contribution is -0.122. The topological polar surface area (TPSA) is 47.9 Å². The Bertz CT molecular complexity index is 1080. The van der Waals surface area contributed by atoms with Crippen LogP contribution in [0.4, 0.5) is 0 Å². The normalized spacial score (nSPS) is 15.9. The number of fused-ring (bicyclic) bond motifs is 1. The van der Waals surface area contributed by atoms with E-state index in [1.165, 1.54) is 0 Å². The second-order valence-electron chi connectivity index (χ2n) is 7.90. The number of hydrogen-bond donors (Lipinski definition) is 1. The molecule has 1 saturated heterocycles. The Kier molecular flexibility index (Phi) is 6.97. The van der Waals surface area contributed by atoms with Crippen LogP contribution in [-0.2, 0) is 11.3 Å². The molecule has 5 nitrogen and oxygen atoms in total. The van der Waals surface area contributed by atoms with Gasteiger partial charge < -0.3 is 0 Å². The Morgan fingerprint density at radius 1 is 0.935 bits per heavy atom. The molecule has 4 rings (SSSR count). The highest BCUT2D eigenvalue weighted by Crippen LogP contribution is 2.19. The lowest BCUT2D eigenvalue weighted by atomic mass is 10.0. The maximum absolute atomic E-state index is 12.4. The van der Waals surface area contributed by atoms with Crippen molar-refractivity contribution in [3.63, 3.8) is 0 Å². The minimum atomic E-state index is -0.0841. The maximum Gasteiger partial charge on any atom is 0.254 e. The highest BCUT2D eigenvalue weighted by molar-refractivity contribution is 6.31. The summed E-state index contributed by atoms with van der Waals surface area (Å²) in [4.78, 5) is 17.0. The summed E-state index contributed by atoms with van der Waals surface area (Å²) >= 11 is 6.28. The smallest absolute Gasteiger partial charge is 0.254 e. The second kappa shape index (κ2) is 10.1. The van der Waals surface area contributed by atoms with Gasteiger partial charge in [0.15, 0.2) is 0 Å². The minimum Gasteiger partial charge on any atom is -0.296 e. The van der Waals surface area contributed by atoms with Gasteiger partial charge >= 0.3 is 0 Å². The molecule has 1 N–H and O–H groups in total. The molecular formula is C25H27ClN4O. The number of hydrogen-bond acceptors (Lipinski definition) is 4. The van der Waals surface area contributed by atoms with Crippen LogP contribution in [0.15, 0.2) is 71.8 Å². The summed E-state index contributed by atoms with van der Waals surface area (Å²) in [6, 6.07) is 22.3. The molecule has 1 heterocycles. The zero-order valence-corrected chi connectivity index (χ0v) is 18.5. The van der Waals surface area contributed by atoms with Crippen molar-refractivity contribution in [2.45, 2.75) is 13.5 Å². The Hall–Kier alpha value is -2.73. The van der Waals surface area contributed by atoms with Gasteiger partial charge in [0.2, 0.25) is 0 Å². The van der Waals surface area contributed by atoms with E-state index < -0.39 is 0 Å². The van der Waals surface area contributed by atoms with Crippen molar-refractivity contribution in [2.75, 3.05) is 32.7 Å². The van der Waals surface area contributed by atoms with Crippen molar-refractivity contribution in [3.05, 3.63) is 82.9 Å². The van der Waals surface area contributed by atoms with E-state index in [2.05, 4.69) is 44.6 Å². The summed E-state index contributed by atoms with van der Waals surface area (Å²) in [5.41, 5.74) is 5.71. The van der Waals surface area contributed by atoms with Gasteiger partial charge in [-0.05, 0) is 29.3 Å². The number of amides is 1. The Morgan fingerprint density at radius 2 is 1.61 bits per heavy atom. The first-order valence-electron chi connectivity index (χ1n) is 10.6. The molecule has 160 valence electrons. The summed E-state index contributed by atoms with van der Waals surface area (Å²) in [7, 11) is 0. The number of carbonyl (C=O) groups excluding carboxylic acids is 1. The van der Waals surface area contributed by atoms with E-state index in [0.29, 0.717) is 6.54 Å². The van der Waals surface area contributed by atoms with E-state index in [4.69, 9.17) is 11.6 Å². The van der Waals surface area contributed by atoms with Crippen LogP contribution in [0, 0.1) is 0 Å². The molecule has 1 aliphatic heterocycles. The van der Waals surface area contributed by atoms with Crippen LogP contribution in [0.5, 0.6) is 0 Å². The van der Waals surface area contributed by atoms with Crippen LogP contribution in [0.2, 0.25) is 5.02 Å². The van der Waals surface area contributed by atoms with E-state index in [0.717, 1.165) is 65.4 Å². The first kappa shape index (κ1) is 21.5. The standard InChI is InChI=1S/C25H27ClN4O/c1-19(22-11-6-9-20-7-2-4-10-23(20)22)27-28-25(31)18-30-15-13-29(14-16-30)17-21-8-3-5-12-24(21)26/h2-12H,13-18H2,1H3,(H,28,31)/b27-19+. The number of nitrogens with zero attached hydrogens (tertiary/aromatic N) is 3. The average Bonchev–Trinajstić information content (AvgIpc) is 2.80. The zero-order chi connectivity index (χ0) is 21.6. The number of rotatable bonds is 6. The van der Waals surface area contributed by atoms with Gasteiger partial charge in [-0.25, -0.2) is 5.43 Å². The fourth-order valence-corrected chi connectivity index (χ4v) is 4.15. The highest BCUT2D eigenvalue weighted by Gasteiger charge is 2.19. The van der Waals surface area contributed by atoms with Crippen LogP contribution in [0.1, 0.15) is 18.1 Å². The Labute approximate surface area is 188 Å². The summed E-state index contributed by atoms with van der Waals surface area (Å²) < 4.78 is 0. The number of hydrazone groups is 1. The molecule has 1 aliphatic rings. The largest absolute Gasteiger partial charge is 0.296 e. The summed E-state index contributed by atoms with van der Waals surface area (Å²) in [6.07, 6.45) is 0. The van der Waals surface area contributed by atoms with Crippen molar-refractivity contribution in [3.8, 4) is 0 Å². The Morgan fingerprint density at radius 3 is 2.42 bits per heavy atom. The maximum atomic E-state index is 12.4. The van der Waals surface area contributed by atoms with E-state index in [-0.39, 0.29) is 5.91 Å². The van der Waals surface area contributed by atoms with Gasteiger partial charge in [0.25, 0.3) is 5.91 Å². The molecule has 0 atom stereocenters. The molecule has 3 aromatic carbocycles. The number of benzene rings is 3. The monoisotopic (exact) mass is 434 g/mol. The van der Waals surface area contributed by atoms with Crippen molar-refractivity contribution >= 4 is 34.0 Å². The first-order chi connectivity index (χ1) is 15.1. The quantitative estimate of drug-likeness (QED) is 0.468. The fraction of sp³-hybridized carbons (Fsp3) is 0.280. The molecule has 0 unspecified atom stereocenters. The van der Waals surface area contributed by atoms with E-state index in [1.54, 1.807) is 0 Å². The highest BCUT2D eigenvalue weighted by atomic mass is 35.5. The van der Waals surface area contributed by atoms with Gasteiger partial charge in [-0.2, -0.15) is 5.10 Å². The van der Waals surface area contributed by atoms with Crippen LogP contribution >= 0.6 is 11.6 Å². The SMILES string of the molecule is C/C(=N\NC(=O)CN1CCN(Cc2ccccc2Cl)CC1)c1cccc2ccccc12. The molecule has 0 aromatic heterocycles. The van der Waals surface area contributed by atoms with Gasteiger partial charge in [0.1, 0.15) is 0 Å². The van der Waals surface area contributed by atoms with Crippen LogP contribution in [0.25, 0.3) is 10.8 Å². The number of piperazine rings is 1. The predicted molar refractivity (Wildman–Crippen MR) is 127 cm³/mol. The molecule has 1 amide bonds.